The number of anilines is 1. The third-order valence-corrected chi connectivity index (χ3v) is 7.39. The van der Waals surface area contributed by atoms with Crippen LogP contribution in [-0.2, 0) is 4.79 Å². The van der Waals surface area contributed by atoms with E-state index in [1.807, 2.05) is 0 Å². The first-order chi connectivity index (χ1) is 14.7. The highest BCUT2D eigenvalue weighted by molar-refractivity contribution is 7.15. The van der Waals surface area contributed by atoms with Crippen molar-refractivity contribution < 1.29 is 22.8 Å². The first-order valence-electron chi connectivity index (χ1n) is 10.0. The lowest BCUT2D eigenvalue weighted by Crippen LogP contribution is -2.46. The van der Waals surface area contributed by atoms with E-state index in [4.69, 9.17) is 0 Å². The SMILES string of the molecule is Cc1nnc(NC(=O)c2csc([C@@H]3C[C@H]3N(CC3CCNCC3)C(=O)C(F)(F)F)c2)s1.Cl. The summed E-state index contributed by atoms with van der Waals surface area (Å²) in [5.74, 6) is -2.22. The second-order valence-corrected chi connectivity index (χ2v) is 10.0. The molecule has 2 amide bonds. The number of aryl methyl sites for hydroxylation is 1. The molecule has 32 heavy (non-hydrogen) atoms. The number of halogens is 4. The Labute approximate surface area is 197 Å². The van der Waals surface area contributed by atoms with E-state index in [-0.39, 0.29) is 36.7 Å². The Morgan fingerprint density at radius 1 is 1.28 bits per heavy atom. The molecule has 2 aliphatic rings. The van der Waals surface area contributed by atoms with E-state index in [9.17, 15) is 22.8 Å². The highest BCUT2D eigenvalue weighted by atomic mass is 35.5. The zero-order valence-electron chi connectivity index (χ0n) is 17.1. The third-order valence-electron chi connectivity index (χ3n) is 5.57. The molecule has 0 spiro atoms. The molecule has 2 N–H and O–H groups in total. The lowest BCUT2D eigenvalue weighted by atomic mass is 9.97. The number of hydrogen-bond donors (Lipinski definition) is 2. The van der Waals surface area contributed by atoms with Gasteiger partial charge in [0.1, 0.15) is 5.01 Å². The monoisotopic (exact) mass is 509 g/mol. The number of piperidine rings is 1. The van der Waals surface area contributed by atoms with Crippen LogP contribution >= 0.6 is 35.1 Å². The van der Waals surface area contributed by atoms with Crippen molar-refractivity contribution in [1.29, 1.82) is 0 Å². The topological polar surface area (TPSA) is 87.2 Å². The summed E-state index contributed by atoms with van der Waals surface area (Å²) in [6.45, 7) is 3.41. The number of carbonyl (C=O) groups excluding carboxylic acids is 2. The van der Waals surface area contributed by atoms with Crippen LogP contribution in [0.15, 0.2) is 11.4 Å². The van der Waals surface area contributed by atoms with Crippen LogP contribution in [0.25, 0.3) is 0 Å². The molecule has 2 fully saturated rings. The molecule has 1 aliphatic carbocycles. The number of rotatable bonds is 6. The maximum Gasteiger partial charge on any atom is 0.471 e. The minimum atomic E-state index is -4.89. The smallest absolute Gasteiger partial charge is 0.331 e. The molecular weight excluding hydrogens is 487 g/mol. The summed E-state index contributed by atoms with van der Waals surface area (Å²) in [4.78, 5) is 26.4. The zero-order chi connectivity index (χ0) is 22.2. The van der Waals surface area contributed by atoms with Crippen LogP contribution in [-0.4, -0.2) is 58.8 Å². The number of amides is 2. The molecule has 2 atom stereocenters. The van der Waals surface area contributed by atoms with Crippen molar-refractivity contribution >= 4 is 52.0 Å². The molecule has 0 bridgehead atoms. The summed E-state index contributed by atoms with van der Waals surface area (Å²) in [5.41, 5.74) is 0.422. The van der Waals surface area contributed by atoms with Crippen molar-refractivity contribution in [2.24, 2.45) is 5.92 Å². The van der Waals surface area contributed by atoms with E-state index in [1.54, 1.807) is 18.4 Å². The van der Waals surface area contributed by atoms with Crippen LogP contribution in [0.3, 0.4) is 0 Å². The van der Waals surface area contributed by atoms with Gasteiger partial charge in [0.05, 0.1) is 5.56 Å². The maximum atomic E-state index is 13.2. The summed E-state index contributed by atoms with van der Waals surface area (Å²) in [6, 6.07) is 1.21. The van der Waals surface area contributed by atoms with Gasteiger partial charge in [0, 0.05) is 28.8 Å². The van der Waals surface area contributed by atoms with Crippen LogP contribution in [0.2, 0.25) is 0 Å². The Hall–Kier alpha value is -1.76. The molecule has 3 heterocycles. The van der Waals surface area contributed by atoms with Gasteiger partial charge >= 0.3 is 12.1 Å². The maximum absolute atomic E-state index is 13.2. The Kier molecular flexibility index (Phi) is 7.79. The molecule has 4 rings (SSSR count). The van der Waals surface area contributed by atoms with Crippen molar-refractivity contribution in [3.63, 3.8) is 0 Å². The zero-order valence-corrected chi connectivity index (χ0v) is 19.6. The quantitative estimate of drug-likeness (QED) is 0.618. The molecule has 13 heteroatoms. The van der Waals surface area contributed by atoms with Gasteiger partial charge in [-0.2, -0.15) is 13.2 Å². The first-order valence-corrected chi connectivity index (χ1v) is 11.7. The summed E-state index contributed by atoms with van der Waals surface area (Å²) in [7, 11) is 0. The third kappa shape index (κ3) is 5.77. The number of aromatic nitrogens is 2. The molecule has 0 aromatic carbocycles. The Morgan fingerprint density at radius 3 is 2.62 bits per heavy atom. The van der Waals surface area contributed by atoms with Gasteiger partial charge < -0.3 is 10.2 Å². The van der Waals surface area contributed by atoms with E-state index in [0.29, 0.717) is 17.1 Å². The van der Waals surface area contributed by atoms with Crippen LogP contribution in [0, 0.1) is 12.8 Å². The molecular formula is C19H23ClF3N5O2S2. The number of nitrogens with zero attached hydrogens (tertiary/aromatic N) is 3. The first kappa shape index (κ1) is 24.9. The van der Waals surface area contributed by atoms with E-state index in [1.165, 1.54) is 22.7 Å². The van der Waals surface area contributed by atoms with E-state index < -0.39 is 18.1 Å². The summed E-state index contributed by atoms with van der Waals surface area (Å²) < 4.78 is 39.7. The van der Waals surface area contributed by atoms with Crippen LogP contribution < -0.4 is 10.6 Å². The molecule has 7 nitrogen and oxygen atoms in total. The summed E-state index contributed by atoms with van der Waals surface area (Å²) in [5, 5.41) is 16.4. The van der Waals surface area contributed by atoms with E-state index >= 15 is 0 Å². The number of hydrogen-bond acceptors (Lipinski definition) is 7. The van der Waals surface area contributed by atoms with Gasteiger partial charge in [0.15, 0.2) is 0 Å². The lowest BCUT2D eigenvalue weighted by molar-refractivity contribution is -0.186. The van der Waals surface area contributed by atoms with Gasteiger partial charge in [0.2, 0.25) is 5.13 Å². The second kappa shape index (κ2) is 10.0. The van der Waals surface area contributed by atoms with Gasteiger partial charge in [-0.1, -0.05) is 11.3 Å². The highest BCUT2D eigenvalue weighted by Gasteiger charge is 2.52. The molecule has 0 unspecified atom stereocenters. The van der Waals surface area contributed by atoms with Crippen LogP contribution in [0.4, 0.5) is 18.3 Å². The molecule has 176 valence electrons. The van der Waals surface area contributed by atoms with Gasteiger partial charge in [0.25, 0.3) is 5.91 Å². The van der Waals surface area contributed by atoms with Crippen molar-refractivity contribution in [1.82, 2.24) is 20.4 Å². The standard InChI is InChI=1S/C19H22F3N5O2S2.ClH/c1-10-25-26-18(31-10)24-16(28)12-6-15(30-9-12)13-7-14(13)27(17(29)19(20,21)22)8-11-2-4-23-5-3-11;/h6,9,11,13-14,23H,2-5,7-8H2,1H3,(H,24,26,28);1H/t13-,14-;/m1./s1. The van der Waals surface area contributed by atoms with Gasteiger partial charge in [-0.25, -0.2) is 0 Å². The van der Waals surface area contributed by atoms with Crippen LogP contribution in [0.1, 0.15) is 45.4 Å². The fraction of sp³-hybridized carbons (Fsp3) is 0.579. The van der Waals surface area contributed by atoms with Crippen LogP contribution in [0.5, 0.6) is 0 Å². The average Bonchev–Trinajstić information content (AvgIpc) is 3.15. The second-order valence-electron chi connectivity index (χ2n) is 7.88. The Bertz CT molecular complexity index is 961. The van der Waals surface area contributed by atoms with Gasteiger partial charge in [-0.15, -0.1) is 33.9 Å². The number of alkyl halides is 3. The van der Waals surface area contributed by atoms with Crippen molar-refractivity contribution in [3.05, 3.63) is 26.9 Å². The normalized spacial score (nSPS) is 21.0. The Balaban J connectivity index is 0.00000289. The molecule has 0 radical (unpaired) electrons. The fourth-order valence-electron chi connectivity index (χ4n) is 3.89. The van der Waals surface area contributed by atoms with Gasteiger partial charge in [-0.3, -0.25) is 14.9 Å². The Morgan fingerprint density at radius 2 is 2.00 bits per heavy atom. The fourth-order valence-corrected chi connectivity index (χ4v) is 5.54. The number of nitrogens with one attached hydrogen (secondary N) is 2. The predicted molar refractivity (Wildman–Crippen MR) is 119 cm³/mol. The lowest BCUT2D eigenvalue weighted by Gasteiger charge is -2.31. The minimum Gasteiger partial charge on any atom is -0.331 e. The van der Waals surface area contributed by atoms with E-state index in [2.05, 4.69) is 20.8 Å². The molecule has 1 aliphatic heterocycles. The predicted octanol–water partition coefficient (Wildman–Crippen LogP) is 3.83. The van der Waals surface area contributed by atoms with Crippen molar-refractivity contribution in [2.45, 2.75) is 44.3 Å². The van der Waals surface area contributed by atoms with Gasteiger partial charge in [-0.05, 0) is 51.3 Å². The largest absolute Gasteiger partial charge is 0.471 e. The summed E-state index contributed by atoms with van der Waals surface area (Å²) in [6.07, 6.45) is -2.90. The van der Waals surface area contributed by atoms with Crippen molar-refractivity contribution in [2.75, 3.05) is 25.0 Å². The summed E-state index contributed by atoms with van der Waals surface area (Å²) >= 11 is 2.58. The van der Waals surface area contributed by atoms with Crippen molar-refractivity contribution in [3.8, 4) is 0 Å². The molecule has 2 aromatic heterocycles. The van der Waals surface area contributed by atoms with E-state index in [0.717, 1.165) is 40.7 Å². The highest BCUT2D eigenvalue weighted by Crippen LogP contribution is 2.48. The molecule has 1 saturated heterocycles. The minimum absolute atomic E-state index is 0. The number of carbonyl (C=O) groups is 2. The average molecular weight is 510 g/mol. The molecule has 2 aromatic rings. The number of thiophene rings is 1. The molecule has 1 saturated carbocycles.